The molecular formula is C12H16N2O3S. The van der Waals surface area contributed by atoms with Crippen molar-refractivity contribution in [1.29, 1.82) is 0 Å². The highest BCUT2D eigenvalue weighted by Gasteiger charge is 2.27. The Balaban J connectivity index is 1.59. The van der Waals surface area contributed by atoms with Crippen molar-refractivity contribution in [3.05, 3.63) is 22.4 Å². The molecule has 6 heteroatoms. The van der Waals surface area contributed by atoms with Crippen LogP contribution in [0, 0.1) is 0 Å². The summed E-state index contributed by atoms with van der Waals surface area (Å²) >= 11 is 1.48. The van der Waals surface area contributed by atoms with Crippen molar-refractivity contribution in [3.63, 3.8) is 0 Å². The minimum atomic E-state index is -0.354. The molecular weight excluding hydrogens is 252 g/mol. The number of aliphatic hydroxyl groups is 1. The van der Waals surface area contributed by atoms with Crippen LogP contribution in [0.4, 0.5) is 0 Å². The number of thiophene rings is 1. The lowest BCUT2D eigenvalue weighted by Gasteiger charge is -2.35. The number of nitrogens with one attached hydrogen (secondary N) is 1. The summed E-state index contributed by atoms with van der Waals surface area (Å²) in [6, 6.07) is 1.77. The van der Waals surface area contributed by atoms with E-state index in [9.17, 15) is 9.59 Å². The molecule has 1 aliphatic rings. The van der Waals surface area contributed by atoms with Crippen molar-refractivity contribution in [1.82, 2.24) is 10.2 Å². The molecule has 98 valence electrons. The normalized spacial score (nSPS) is 15.3. The molecule has 0 radical (unpaired) electrons. The first kappa shape index (κ1) is 13.0. The number of aliphatic hydroxyl groups excluding tert-OH is 1. The van der Waals surface area contributed by atoms with Crippen molar-refractivity contribution in [2.24, 2.45) is 0 Å². The average molecular weight is 268 g/mol. The molecule has 2 N–H and O–H groups in total. The number of carbonyl (C=O) groups excluding carboxylic acids is 2. The first-order valence-electron chi connectivity index (χ1n) is 5.93. The zero-order valence-electron chi connectivity index (χ0n) is 9.96. The Morgan fingerprint density at radius 3 is 2.89 bits per heavy atom. The lowest BCUT2D eigenvalue weighted by atomic mass is 10.1. The smallest absolute Gasteiger partial charge is 0.252 e. The predicted molar refractivity (Wildman–Crippen MR) is 68.5 cm³/mol. The highest BCUT2D eigenvalue weighted by Crippen LogP contribution is 2.10. The summed E-state index contributed by atoms with van der Waals surface area (Å²) in [5.41, 5.74) is 0.664. The van der Waals surface area contributed by atoms with Gasteiger partial charge in [0.05, 0.1) is 6.10 Å². The SMILES string of the molecule is O=C(NCCCC(=O)N1CC(O)C1)c1ccsc1. The number of hydrogen-bond donors (Lipinski definition) is 2. The Hall–Kier alpha value is -1.40. The van der Waals surface area contributed by atoms with Gasteiger partial charge in [-0.25, -0.2) is 0 Å². The second-order valence-electron chi connectivity index (χ2n) is 4.32. The van der Waals surface area contributed by atoms with E-state index in [1.165, 1.54) is 11.3 Å². The molecule has 18 heavy (non-hydrogen) atoms. The van der Waals surface area contributed by atoms with Crippen LogP contribution in [-0.2, 0) is 4.79 Å². The van der Waals surface area contributed by atoms with Crippen LogP contribution in [-0.4, -0.2) is 47.6 Å². The monoisotopic (exact) mass is 268 g/mol. The fraction of sp³-hybridized carbons (Fsp3) is 0.500. The number of nitrogens with zero attached hydrogens (tertiary/aromatic N) is 1. The average Bonchev–Trinajstić information content (AvgIpc) is 2.83. The summed E-state index contributed by atoms with van der Waals surface area (Å²) in [7, 11) is 0. The van der Waals surface area contributed by atoms with Crippen molar-refractivity contribution < 1.29 is 14.7 Å². The van der Waals surface area contributed by atoms with Gasteiger partial charge in [-0.1, -0.05) is 0 Å². The fourth-order valence-electron chi connectivity index (χ4n) is 1.75. The van der Waals surface area contributed by atoms with Gasteiger partial charge in [0.2, 0.25) is 5.91 Å². The van der Waals surface area contributed by atoms with Gasteiger partial charge in [0.1, 0.15) is 0 Å². The minimum Gasteiger partial charge on any atom is -0.389 e. The maximum atomic E-state index is 11.6. The lowest BCUT2D eigenvalue weighted by molar-refractivity contribution is -0.141. The van der Waals surface area contributed by atoms with Crippen LogP contribution in [0.5, 0.6) is 0 Å². The molecule has 5 nitrogen and oxygen atoms in total. The second-order valence-corrected chi connectivity index (χ2v) is 5.10. The Labute approximate surface area is 109 Å². The maximum Gasteiger partial charge on any atom is 0.252 e. The lowest BCUT2D eigenvalue weighted by Crippen LogP contribution is -2.53. The first-order chi connectivity index (χ1) is 8.66. The van der Waals surface area contributed by atoms with E-state index in [0.717, 1.165) is 0 Å². The summed E-state index contributed by atoms with van der Waals surface area (Å²) in [6.07, 6.45) is 0.685. The summed E-state index contributed by atoms with van der Waals surface area (Å²) in [5.74, 6) is -0.0480. The maximum absolute atomic E-state index is 11.6. The van der Waals surface area contributed by atoms with Crippen LogP contribution < -0.4 is 5.32 Å². The van der Waals surface area contributed by atoms with E-state index in [1.807, 2.05) is 5.38 Å². The van der Waals surface area contributed by atoms with Gasteiger partial charge in [0, 0.05) is 37.0 Å². The van der Waals surface area contributed by atoms with Gasteiger partial charge in [-0.05, 0) is 17.9 Å². The van der Waals surface area contributed by atoms with Gasteiger partial charge < -0.3 is 15.3 Å². The number of rotatable bonds is 5. The molecule has 1 aromatic rings. The highest BCUT2D eigenvalue weighted by molar-refractivity contribution is 7.08. The van der Waals surface area contributed by atoms with Gasteiger partial charge in [0.15, 0.2) is 0 Å². The molecule has 0 atom stereocenters. The molecule has 0 unspecified atom stereocenters. The van der Waals surface area contributed by atoms with E-state index >= 15 is 0 Å². The molecule has 1 aliphatic heterocycles. The Bertz CT molecular complexity index is 413. The van der Waals surface area contributed by atoms with E-state index in [0.29, 0.717) is 38.0 Å². The number of likely N-dealkylation sites (tertiary alicyclic amines) is 1. The van der Waals surface area contributed by atoms with E-state index in [-0.39, 0.29) is 17.9 Å². The number of β-amino-alcohol motifs (C(OH)–C–C–N with tert-alkyl or cyclic N) is 1. The molecule has 2 rings (SSSR count). The molecule has 2 heterocycles. The van der Waals surface area contributed by atoms with E-state index < -0.39 is 0 Å². The topological polar surface area (TPSA) is 69.6 Å². The molecule has 0 bridgehead atoms. The zero-order chi connectivity index (χ0) is 13.0. The standard InChI is InChI=1S/C12H16N2O3S/c15-10-6-14(7-10)11(16)2-1-4-13-12(17)9-3-5-18-8-9/h3,5,8,10,15H,1-2,4,6-7H2,(H,13,17). The summed E-state index contributed by atoms with van der Waals surface area (Å²) in [4.78, 5) is 24.7. The van der Waals surface area contributed by atoms with Crippen molar-refractivity contribution in [2.75, 3.05) is 19.6 Å². The van der Waals surface area contributed by atoms with Crippen LogP contribution in [0.2, 0.25) is 0 Å². The molecule has 1 fully saturated rings. The van der Waals surface area contributed by atoms with Crippen molar-refractivity contribution in [3.8, 4) is 0 Å². The van der Waals surface area contributed by atoms with E-state index in [4.69, 9.17) is 5.11 Å². The molecule has 2 amide bonds. The Morgan fingerprint density at radius 2 is 2.28 bits per heavy atom. The predicted octanol–water partition coefficient (Wildman–Crippen LogP) is 0.461. The third-order valence-corrected chi connectivity index (χ3v) is 3.53. The highest BCUT2D eigenvalue weighted by atomic mass is 32.1. The largest absolute Gasteiger partial charge is 0.389 e. The van der Waals surface area contributed by atoms with Crippen LogP contribution in [0.1, 0.15) is 23.2 Å². The van der Waals surface area contributed by atoms with Crippen molar-refractivity contribution in [2.45, 2.75) is 18.9 Å². The summed E-state index contributed by atoms with van der Waals surface area (Å²) < 4.78 is 0. The van der Waals surface area contributed by atoms with Crippen LogP contribution in [0.3, 0.4) is 0 Å². The first-order valence-corrected chi connectivity index (χ1v) is 6.87. The third kappa shape index (κ3) is 3.30. The zero-order valence-corrected chi connectivity index (χ0v) is 10.8. The van der Waals surface area contributed by atoms with Crippen LogP contribution >= 0.6 is 11.3 Å². The summed E-state index contributed by atoms with van der Waals surface area (Å²) in [6.45, 7) is 1.39. The number of hydrogen-bond acceptors (Lipinski definition) is 4. The van der Waals surface area contributed by atoms with E-state index in [1.54, 1.807) is 16.3 Å². The van der Waals surface area contributed by atoms with Crippen molar-refractivity contribution >= 4 is 23.2 Å². The quantitative estimate of drug-likeness (QED) is 0.762. The molecule has 0 saturated carbocycles. The third-order valence-electron chi connectivity index (χ3n) is 2.85. The molecule has 0 spiro atoms. The van der Waals surface area contributed by atoms with Crippen LogP contribution in [0.15, 0.2) is 16.8 Å². The number of amides is 2. The number of carbonyl (C=O) groups is 2. The van der Waals surface area contributed by atoms with Gasteiger partial charge in [-0.2, -0.15) is 11.3 Å². The molecule has 0 aromatic carbocycles. The van der Waals surface area contributed by atoms with Gasteiger partial charge in [-0.3, -0.25) is 9.59 Å². The molecule has 1 aromatic heterocycles. The van der Waals surface area contributed by atoms with Crippen LogP contribution in [0.25, 0.3) is 0 Å². The van der Waals surface area contributed by atoms with Gasteiger partial charge in [-0.15, -0.1) is 0 Å². The van der Waals surface area contributed by atoms with E-state index in [2.05, 4.69) is 5.32 Å². The summed E-state index contributed by atoms with van der Waals surface area (Å²) in [5, 5.41) is 15.5. The van der Waals surface area contributed by atoms with Gasteiger partial charge >= 0.3 is 0 Å². The Kier molecular flexibility index (Phi) is 4.33. The molecule has 0 aliphatic carbocycles. The molecule has 1 saturated heterocycles. The second kappa shape index (κ2) is 5.97. The van der Waals surface area contributed by atoms with Gasteiger partial charge in [0.25, 0.3) is 5.91 Å². The Morgan fingerprint density at radius 1 is 1.50 bits per heavy atom. The fourth-order valence-corrected chi connectivity index (χ4v) is 2.39. The minimum absolute atomic E-state index is 0.0464.